The summed E-state index contributed by atoms with van der Waals surface area (Å²) in [7, 11) is 0. The Labute approximate surface area is 79.7 Å². The van der Waals surface area contributed by atoms with E-state index in [1.165, 1.54) is 0 Å². The van der Waals surface area contributed by atoms with Crippen LogP contribution in [0.3, 0.4) is 0 Å². The van der Waals surface area contributed by atoms with Gasteiger partial charge in [-0.05, 0) is 25.0 Å². The minimum Gasteiger partial charge on any atom is -0.314 e. The second-order valence-corrected chi connectivity index (χ2v) is 3.73. The highest BCUT2D eigenvalue weighted by Gasteiger charge is 2.06. The number of halogens is 1. The van der Waals surface area contributed by atoms with Gasteiger partial charge in [-0.25, -0.2) is 4.39 Å². The summed E-state index contributed by atoms with van der Waals surface area (Å²) in [5.74, 6) is 0.0769. The van der Waals surface area contributed by atoms with E-state index >= 15 is 0 Å². The summed E-state index contributed by atoms with van der Waals surface area (Å²) < 4.78 is 13.2. The van der Waals surface area contributed by atoms with Crippen LogP contribution in [0.1, 0.15) is 33.1 Å². The summed E-state index contributed by atoms with van der Waals surface area (Å²) in [5, 5.41) is 3.28. The van der Waals surface area contributed by atoms with Crippen LogP contribution in [0.4, 0.5) is 4.39 Å². The molecule has 0 unspecified atom stereocenters. The molecule has 1 nitrogen and oxygen atoms in total. The van der Waals surface area contributed by atoms with Crippen molar-refractivity contribution < 1.29 is 4.39 Å². The Morgan fingerprint density at radius 3 is 2.92 bits per heavy atom. The van der Waals surface area contributed by atoms with Crippen LogP contribution in [0.2, 0.25) is 0 Å². The van der Waals surface area contributed by atoms with E-state index in [1.807, 2.05) is 12.2 Å². The topological polar surface area (TPSA) is 12.0 Å². The van der Waals surface area contributed by atoms with Gasteiger partial charge < -0.3 is 5.32 Å². The van der Waals surface area contributed by atoms with Crippen molar-refractivity contribution in [1.29, 1.82) is 0 Å². The van der Waals surface area contributed by atoms with Gasteiger partial charge in [-0.1, -0.05) is 26.0 Å². The fourth-order valence-corrected chi connectivity index (χ4v) is 1.40. The molecule has 0 saturated carbocycles. The molecule has 0 saturated heterocycles. The lowest BCUT2D eigenvalue weighted by atomic mass is 10.0. The van der Waals surface area contributed by atoms with Crippen molar-refractivity contribution in [2.75, 3.05) is 6.54 Å². The molecule has 1 N–H and O–H groups in total. The largest absolute Gasteiger partial charge is 0.314 e. The predicted molar refractivity (Wildman–Crippen MR) is 54.3 cm³/mol. The van der Waals surface area contributed by atoms with Gasteiger partial charge in [-0.2, -0.15) is 0 Å². The van der Waals surface area contributed by atoms with E-state index in [0.29, 0.717) is 12.5 Å². The number of rotatable bonds is 4. The maximum absolute atomic E-state index is 13.2. The maximum atomic E-state index is 13.2. The van der Waals surface area contributed by atoms with Crippen LogP contribution in [0.5, 0.6) is 0 Å². The van der Waals surface area contributed by atoms with Gasteiger partial charge >= 0.3 is 0 Å². The Kier molecular flexibility index (Phi) is 4.16. The molecule has 0 atom stereocenters. The number of nitrogens with one attached hydrogen (secondary N) is 1. The average molecular weight is 183 g/mol. The second kappa shape index (κ2) is 5.18. The molecule has 1 aliphatic carbocycles. The molecule has 13 heavy (non-hydrogen) atoms. The van der Waals surface area contributed by atoms with E-state index in [1.54, 1.807) is 0 Å². The van der Waals surface area contributed by atoms with Gasteiger partial charge in [0.1, 0.15) is 5.83 Å². The van der Waals surface area contributed by atoms with Gasteiger partial charge in [0.05, 0.1) is 0 Å². The van der Waals surface area contributed by atoms with Crippen molar-refractivity contribution in [3.8, 4) is 0 Å². The van der Waals surface area contributed by atoms with Gasteiger partial charge in [-0.3, -0.25) is 0 Å². The third-order valence-electron chi connectivity index (χ3n) is 2.14. The van der Waals surface area contributed by atoms with Gasteiger partial charge in [0.25, 0.3) is 0 Å². The summed E-state index contributed by atoms with van der Waals surface area (Å²) >= 11 is 0. The van der Waals surface area contributed by atoms with E-state index in [9.17, 15) is 4.39 Å². The molecule has 0 heterocycles. The quantitative estimate of drug-likeness (QED) is 0.706. The molecule has 0 amide bonds. The minimum absolute atomic E-state index is 0.0769. The van der Waals surface area contributed by atoms with Crippen LogP contribution in [-0.4, -0.2) is 12.6 Å². The lowest BCUT2D eigenvalue weighted by Crippen LogP contribution is -2.24. The average Bonchev–Trinajstić information content (AvgIpc) is 2.08. The smallest absolute Gasteiger partial charge is 0.103 e. The molecule has 2 heteroatoms. The van der Waals surface area contributed by atoms with E-state index in [2.05, 4.69) is 19.2 Å². The highest BCUT2D eigenvalue weighted by atomic mass is 19.1. The summed E-state index contributed by atoms with van der Waals surface area (Å²) in [6, 6.07) is 0.483. The Morgan fingerprint density at radius 1 is 1.54 bits per heavy atom. The standard InChI is InChI=1S/C11H18FN/c1-9(2)13-8-7-10-5-3-4-6-11(10)12/h3,5,9,13H,4,6-8H2,1-2H3. The Bertz CT molecular complexity index is 216. The highest BCUT2D eigenvalue weighted by Crippen LogP contribution is 2.21. The highest BCUT2D eigenvalue weighted by molar-refractivity contribution is 5.25. The third kappa shape index (κ3) is 3.73. The maximum Gasteiger partial charge on any atom is 0.103 e. The Balaban J connectivity index is 2.31. The fourth-order valence-electron chi connectivity index (χ4n) is 1.40. The Morgan fingerprint density at radius 2 is 2.31 bits per heavy atom. The van der Waals surface area contributed by atoms with Crippen LogP contribution >= 0.6 is 0 Å². The van der Waals surface area contributed by atoms with Gasteiger partial charge in [0.15, 0.2) is 0 Å². The Hall–Kier alpha value is -0.630. The molecule has 0 spiro atoms. The molecular weight excluding hydrogens is 165 g/mol. The summed E-state index contributed by atoms with van der Waals surface area (Å²) in [6.45, 7) is 5.06. The van der Waals surface area contributed by atoms with Crippen molar-refractivity contribution >= 4 is 0 Å². The van der Waals surface area contributed by atoms with Crippen molar-refractivity contribution in [1.82, 2.24) is 5.32 Å². The lowest BCUT2D eigenvalue weighted by molar-refractivity contribution is 0.552. The fraction of sp³-hybridized carbons (Fsp3) is 0.636. The number of hydrogen-bond acceptors (Lipinski definition) is 1. The molecular formula is C11H18FN. The molecule has 0 aromatic heterocycles. The molecule has 1 rings (SSSR count). The van der Waals surface area contributed by atoms with Gasteiger partial charge in [0.2, 0.25) is 0 Å². The SMILES string of the molecule is CC(C)NCCC1=C(F)CCC=C1. The van der Waals surface area contributed by atoms with Crippen LogP contribution in [-0.2, 0) is 0 Å². The molecule has 0 bridgehead atoms. The van der Waals surface area contributed by atoms with Crippen molar-refractivity contribution in [2.45, 2.75) is 39.2 Å². The van der Waals surface area contributed by atoms with E-state index in [-0.39, 0.29) is 5.83 Å². The van der Waals surface area contributed by atoms with Crippen molar-refractivity contribution in [3.05, 3.63) is 23.6 Å². The van der Waals surface area contributed by atoms with Crippen LogP contribution in [0.15, 0.2) is 23.6 Å². The normalized spacial score (nSPS) is 17.2. The zero-order valence-electron chi connectivity index (χ0n) is 8.44. The monoisotopic (exact) mass is 183 g/mol. The molecule has 1 aliphatic rings. The van der Waals surface area contributed by atoms with E-state index in [0.717, 1.165) is 25.0 Å². The van der Waals surface area contributed by atoms with Gasteiger partial charge in [-0.15, -0.1) is 0 Å². The molecule has 0 aliphatic heterocycles. The minimum atomic E-state index is 0.0769. The first kappa shape index (κ1) is 10.5. The second-order valence-electron chi connectivity index (χ2n) is 3.73. The van der Waals surface area contributed by atoms with Gasteiger partial charge in [0, 0.05) is 12.5 Å². The first-order valence-electron chi connectivity index (χ1n) is 4.97. The molecule has 0 aromatic carbocycles. The summed E-state index contributed by atoms with van der Waals surface area (Å²) in [4.78, 5) is 0. The molecule has 0 aromatic rings. The number of allylic oxidation sites excluding steroid dienone is 3. The van der Waals surface area contributed by atoms with E-state index in [4.69, 9.17) is 0 Å². The van der Waals surface area contributed by atoms with Crippen LogP contribution in [0, 0.1) is 0 Å². The number of hydrogen-bond donors (Lipinski definition) is 1. The first-order valence-corrected chi connectivity index (χ1v) is 4.97. The predicted octanol–water partition coefficient (Wildman–Crippen LogP) is 2.95. The van der Waals surface area contributed by atoms with E-state index < -0.39 is 0 Å². The van der Waals surface area contributed by atoms with Crippen LogP contribution < -0.4 is 5.32 Å². The summed E-state index contributed by atoms with van der Waals surface area (Å²) in [5.41, 5.74) is 0.874. The van der Waals surface area contributed by atoms with Crippen LogP contribution in [0.25, 0.3) is 0 Å². The molecule has 74 valence electrons. The zero-order valence-corrected chi connectivity index (χ0v) is 8.44. The zero-order chi connectivity index (χ0) is 9.68. The molecule has 0 fully saturated rings. The third-order valence-corrected chi connectivity index (χ3v) is 2.14. The van der Waals surface area contributed by atoms with Crippen molar-refractivity contribution in [3.63, 3.8) is 0 Å². The lowest BCUT2D eigenvalue weighted by Gasteiger charge is -2.11. The van der Waals surface area contributed by atoms with Crippen molar-refractivity contribution in [2.24, 2.45) is 0 Å². The molecule has 0 radical (unpaired) electrons. The first-order chi connectivity index (χ1) is 6.20. The summed E-state index contributed by atoms with van der Waals surface area (Å²) in [6.07, 6.45) is 6.22.